The van der Waals surface area contributed by atoms with Crippen molar-refractivity contribution in [1.82, 2.24) is 14.8 Å². The topological polar surface area (TPSA) is 62.7 Å². The van der Waals surface area contributed by atoms with E-state index in [1.54, 1.807) is 17.3 Å². The molecule has 1 amide bonds. The van der Waals surface area contributed by atoms with Gasteiger partial charge in [0.05, 0.1) is 19.1 Å². The van der Waals surface area contributed by atoms with Crippen LogP contribution in [0.1, 0.15) is 5.56 Å². The Labute approximate surface area is 123 Å². The average Bonchev–Trinajstić information content (AvgIpc) is 3.02. The van der Waals surface area contributed by atoms with E-state index in [-0.39, 0.29) is 23.7 Å². The van der Waals surface area contributed by atoms with Crippen LogP contribution in [0, 0.1) is 11.8 Å². The summed E-state index contributed by atoms with van der Waals surface area (Å²) < 4.78 is 5.01. The van der Waals surface area contributed by atoms with Crippen LogP contribution in [0.4, 0.5) is 0 Å². The van der Waals surface area contributed by atoms with Crippen LogP contribution in [0.25, 0.3) is 0 Å². The minimum Gasteiger partial charge on any atom is -0.465 e. The molecule has 0 radical (unpaired) electrons. The highest BCUT2D eigenvalue weighted by molar-refractivity contribution is 5.81. The van der Waals surface area contributed by atoms with Crippen molar-refractivity contribution in [3.05, 3.63) is 30.1 Å². The Balaban J connectivity index is 1.51. The molecule has 0 saturated carbocycles. The molecule has 2 saturated heterocycles. The summed E-state index contributed by atoms with van der Waals surface area (Å²) in [5, 5.41) is 0. The first-order chi connectivity index (χ1) is 10.1. The largest absolute Gasteiger partial charge is 0.465 e. The summed E-state index contributed by atoms with van der Waals surface area (Å²) in [6.45, 7) is 2.66. The first-order valence-electron chi connectivity index (χ1n) is 7.15. The Bertz CT molecular complexity index is 534. The maximum Gasteiger partial charge on any atom is 0.311 e. The zero-order chi connectivity index (χ0) is 14.8. The number of likely N-dealkylation sites (tertiary alicyclic amines) is 1. The molecule has 0 aliphatic carbocycles. The van der Waals surface area contributed by atoms with Crippen molar-refractivity contribution in [2.75, 3.05) is 33.3 Å². The van der Waals surface area contributed by atoms with Gasteiger partial charge < -0.3 is 9.64 Å². The van der Waals surface area contributed by atoms with E-state index in [0.717, 1.165) is 5.56 Å². The van der Waals surface area contributed by atoms with Crippen LogP contribution in [-0.2, 0) is 20.9 Å². The lowest BCUT2D eigenvalue weighted by Crippen LogP contribution is -2.38. The molecule has 0 spiro atoms. The lowest BCUT2D eigenvalue weighted by molar-refractivity contribution is -0.142. The van der Waals surface area contributed by atoms with Gasteiger partial charge in [-0.15, -0.1) is 0 Å². The van der Waals surface area contributed by atoms with E-state index in [9.17, 15) is 9.59 Å². The Morgan fingerprint density at radius 1 is 1.43 bits per heavy atom. The van der Waals surface area contributed by atoms with E-state index in [0.29, 0.717) is 32.8 Å². The molecule has 112 valence electrons. The number of fused-ring (bicyclic) bond motifs is 1. The van der Waals surface area contributed by atoms with Gasteiger partial charge in [0.25, 0.3) is 0 Å². The summed E-state index contributed by atoms with van der Waals surface area (Å²) in [4.78, 5) is 31.6. The highest BCUT2D eigenvalue weighted by Gasteiger charge is 2.45. The van der Waals surface area contributed by atoms with Crippen molar-refractivity contribution in [3.63, 3.8) is 0 Å². The number of cyclic esters (lactones) is 1. The van der Waals surface area contributed by atoms with Crippen LogP contribution in [0.5, 0.6) is 0 Å². The molecule has 2 fully saturated rings. The number of esters is 1. The van der Waals surface area contributed by atoms with E-state index in [1.165, 1.54) is 0 Å². The molecule has 1 aromatic rings. The molecule has 21 heavy (non-hydrogen) atoms. The summed E-state index contributed by atoms with van der Waals surface area (Å²) in [6, 6.07) is 3.88. The van der Waals surface area contributed by atoms with Crippen molar-refractivity contribution in [2.24, 2.45) is 11.8 Å². The van der Waals surface area contributed by atoms with E-state index in [1.807, 2.05) is 24.1 Å². The maximum absolute atomic E-state index is 12.3. The lowest BCUT2D eigenvalue weighted by atomic mass is 10.0. The molecule has 1 aromatic heterocycles. The number of amides is 1. The van der Waals surface area contributed by atoms with Gasteiger partial charge in [-0.3, -0.25) is 19.5 Å². The quantitative estimate of drug-likeness (QED) is 0.738. The van der Waals surface area contributed by atoms with Gasteiger partial charge in [0.2, 0.25) is 5.91 Å². The highest BCUT2D eigenvalue weighted by Crippen LogP contribution is 2.30. The molecule has 6 heteroatoms. The van der Waals surface area contributed by atoms with Crippen molar-refractivity contribution in [2.45, 2.75) is 6.54 Å². The summed E-state index contributed by atoms with van der Waals surface area (Å²) >= 11 is 0. The minimum atomic E-state index is -0.152. The summed E-state index contributed by atoms with van der Waals surface area (Å²) in [6.07, 6.45) is 3.50. The second-order valence-corrected chi connectivity index (χ2v) is 5.82. The standard InChI is InChI=1S/C15H19N3O3/c1-17(6-11-2-4-16-5-3-11)9-14(19)18-7-12-10-21-15(20)13(12)8-18/h2-5,12-13H,6-10H2,1H3/t12-,13-/m1/s1. The second-order valence-electron chi connectivity index (χ2n) is 5.82. The van der Waals surface area contributed by atoms with Gasteiger partial charge in [-0.1, -0.05) is 0 Å². The molecule has 0 unspecified atom stereocenters. The summed E-state index contributed by atoms with van der Waals surface area (Å²) in [7, 11) is 1.92. The molecule has 2 atom stereocenters. The zero-order valence-electron chi connectivity index (χ0n) is 12.1. The zero-order valence-corrected chi connectivity index (χ0v) is 12.1. The molecule has 2 aliphatic rings. The van der Waals surface area contributed by atoms with Crippen LogP contribution >= 0.6 is 0 Å². The molecule has 0 aromatic carbocycles. The van der Waals surface area contributed by atoms with Crippen LogP contribution in [0.3, 0.4) is 0 Å². The number of rotatable bonds is 4. The fraction of sp³-hybridized carbons (Fsp3) is 0.533. The minimum absolute atomic E-state index is 0.0776. The maximum atomic E-state index is 12.3. The highest BCUT2D eigenvalue weighted by atomic mass is 16.5. The Morgan fingerprint density at radius 2 is 2.19 bits per heavy atom. The van der Waals surface area contributed by atoms with Gasteiger partial charge in [-0.25, -0.2) is 0 Å². The molecule has 3 heterocycles. The third-order valence-electron chi connectivity index (χ3n) is 4.14. The molecular formula is C15H19N3O3. The van der Waals surface area contributed by atoms with E-state index >= 15 is 0 Å². The summed E-state index contributed by atoms with van der Waals surface area (Å²) in [5.74, 6) is 0.000559. The van der Waals surface area contributed by atoms with Crippen LogP contribution in [0.2, 0.25) is 0 Å². The third kappa shape index (κ3) is 3.05. The Morgan fingerprint density at radius 3 is 2.90 bits per heavy atom. The van der Waals surface area contributed by atoms with Crippen molar-refractivity contribution in [3.8, 4) is 0 Å². The predicted molar refractivity (Wildman–Crippen MR) is 75.1 cm³/mol. The third-order valence-corrected chi connectivity index (χ3v) is 4.14. The van der Waals surface area contributed by atoms with Gasteiger partial charge in [0, 0.05) is 37.9 Å². The Hall–Kier alpha value is -1.95. The molecule has 0 N–H and O–H groups in total. The number of ether oxygens (including phenoxy) is 1. The number of nitrogens with zero attached hydrogens (tertiary/aromatic N) is 3. The molecule has 2 aliphatic heterocycles. The van der Waals surface area contributed by atoms with Gasteiger partial charge in [-0.05, 0) is 24.7 Å². The first-order valence-corrected chi connectivity index (χ1v) is 7.15. The number of pyridine rings is 1. The predicted octanol–water partition coefficient (Wildman–Crippen LogP) is 0.145. The van der Waals surface area contributed by atoms with E-state index < -0.39 is 0 Å². The summed E-state index contributed by atoms with van der Waals surface area (Å²) in [5.41, 5.74) is 1.13. The van der Waals surface area contributed by atoms with Gasteiger partial charge >= 0.3 is 5.97 Å². The molecule has 0 bridgehead atoms. The number of hydrogen-bond donors (Lipinski definition) is 0. The smallest absolute Gasteiger partial charge is 0.311 e. The number of likely N-dealkylation sites (N-methyl/N-ethyl adjacent to an activating group) is 1. The average molecular weight is 289 g/mol. The fourth-order valence-corrected chi connectivity index (χ4v) is 2.99. The molecule has 6 nitrogen and oxygen atoms in total. The molecule has 3 rings (SSSR count). The van der Waals surface area contributed by atoms with Gasteiger partial charge in [-0.2, -0.15) is 0 Å². The normalized spacial score (nSPS) is 24.3. The number of aromatic nitrogens is 1. The first kappa shape index (κ1) is 14.0. The van der Waals surface area contributed by atoms with Crippen molar-refractivity contribution >= 4 is 11.9 Å². The van der Waals surface area contributed by atoms with Crippen LogP contribution in [0.15, 0.2) is 24.5 Å². The van der Waals surface area contributed by atoms with E-state index in [4.69, 9.17) is 4.74 Å². The number of carbonyl (C=O) groups is 2. The fourth-order valence-electron chi connectivity index (χ4n) is 2.99. The number of carbonyl (C=O) groups excluding carboxylic acids is 2. The van der Waals surface area contributed by atoms with Crippen molar-refractivity contribution < 1.29 is 14.3 Å². The van der Waals surface area contributed by atoms with Gasteiger partial charge in [0.1, 0.15) is 0 Å². The Kier molecular flexibility index (Phi) is 3.88. The SMILES string of the molecule is CN(CC(=O)N1C[C@@H]2COC(=O)[C@@H]2C1)Cc1ccncc1. The van der Waals surface area contributed by atoms with E-state index in [2.05, 4.69) is 4.98 Å². The van der Waals surface area contributed by atoms with Gasteiger partial charge in [0.15, 0.2) is 0 Å². The number of hydrogen-bond acceptors (Lipinski definition) is 5. The van der Waals surface area contributed by atoms with Crippen molar-refractivity contribution in [1.29, 1.82) is 0 Å². The monoisotopic (exact) mass is 289 g/mol. The molecular weight excluding hydrogens is 270 g/mol. The van der Waals surface area contributed by atoms with Crippen LogP contribution < -0.4 is 0 Å². The van der Waals surface area contributed by atoms with Crippen LogP contribution in [-0.4, -0.2) is 59.9 Å². The lowest BCUT2D eigenvalue weighted by Gasteiger charge is -2.22. The second kappa shape index (κ2) is 5.81.